The molecule has 2 aliphatic heterocycles. The Labute approximate surface area is 125 Å². The number of pyridine rings is 1. The molecule has 0 bridgehead atoms. The van der Waals surface area contributed by atoms with Gasteiger partial charge in [-0.1, -0.05) is 6.07 Å². The van der Waals surface area contributed by atoms with Gasteiger partial charge in [0.05, 0.1) is 12.5 Å². The van der Waals surface area contributed by atoms with E-state index in [1.54, 1.807) is 0 Å². The van der Waals surface area contributed by atoms with Crippen LogP contribution >= 0.6 is 0 Å². The summed E-state index contributed by atoms with van der Waals surface area (Å²) in [6.07, 6.45) is 3.70. The highest BCUT2D eigenvalue weighted by Crippen LogP contribution is 2.26. The molecule has 0 N–H and O–H groups in total. The van der Waals surface area contributed by atoms with Crippen LogP contribution in [-0.4, -0.2) is 54.7 Å². The van der Waals surface area contributed by atoms with Crippen molar-refractivity contribution in [3.8, 4) is 0 Å². The van der Waals surface area contributed by atoms with Gasteiger partial charge in [-0.25, -0.2) is 4.98 Å². The standard InChI is InChI=1S/C16H23N3O2/c1-2-21-16(20)13-6-9-18(10-7-13)14-11-19(12-14)15-5-3-4-8-17-15/h3-5,8,13-14H,2,6-7,9-12H2,1H3. The number of rotatable bonds is 4. The lowest BCUT2D eigenvalue weighted by Gasteiger charge is -2.47. The van der Waals surface area contributed by atoms with Crippen molar-refractivity contribution >= 4 is 11.8 Å². The largest absolute Gasteiger partial charge is 0.466 e. The number of aromatic nitrogens is 1. The van der Waals surface area contributed by atoms with E-state index in [0.29, 0.717) is 12.6 Å². The first-order valence-corrected chi connectivity index (χ1v) is 7.84. The number of carbonyl (C=O) groups excluding carboxylic acids is 1. The first kappa shape index (κ1) is 14.3. The zero-order valence-corrected chi connectivity index (χ0v) is 12.6. The van der Waals surface area contributed by atoms with Gasteiger partial charge in [0.15, 0.2) is 0 Å². The van der Waals surface area contributed by atoms with Crippen LogP contribution in [0.1, 0.15) is 19.8 Å². The van der Waals surface area contributed by atoms with Crippen molar-refractivity contribution in [3.05, 3.63) is 24.4 Å². The average Bonchev–Trinajstić information content (AvgIpc) is 2.48. The molecule has 0 spiro atoms. The van der Waals surface area contributed by atoms with Crippen molar-refractivity contribution in [1.29, 1.82) is 0 Å². The van der Waals surface area contributed by atoms with E-state index in [2.05, 4.69) is 20.9 Å². The molecule has 114 valence electrons. The Kier molecular flexibility index (Phi) is 4.39. The first-order chi connectivity index (χ1) is 10.3. The van der Waals surface area contributed by atoms with Gasteiger partial charge >= 0.3 is 5.97 Å². The second kappa shape index (κ2) is 6.43. The van der Waals surface area contributed by atoms with Crippen molar-refractivity contribution in [3.63, 3.8) is 0 Å². The summed E-state index contributed by atoms with van der Waals surface area (Å²) in [7, 11) is 0. The highest BCUT2D eigenvalue weighted by Gasteiger charge is 2.35. The molecule has 0 amide bonds. The van der Waals surface area contributed by atoms with E-state index in [1.165, 1.54) is 0 Å². The zero-order valence-electron chi connectivity index (χ0n) is 12.6. The molecule has 3 heterocycles. The van der Waals surface area contributed by atoms with E-state index in [-0.39, 0.29) is 11.9 Å². The average molecular weight is 289 g/mol. The topological polar surface area (TPSA) is 45.7 Å². The van der Waals surface area contributed by atoms with Crippen LogP contribution in [-0.2, 0) is 9.53 Å². The molecule has 0 radical (unpaired) electrons. The molecule has 0 aromatic carbocycles. The lowest BCUT2D eigenvalue weighted by atomic mass is 9.94. The van der Waals surface area contributed by atoms with Gasteiger partial charge in [0, 0.05) is 25.3 Å². The Hall–Kier alpha value is -1.62. The van der Waals surface area contributed by atoms with Crippen LogP contribution in [0.25, 0.3) is 0 Å². The number of nitrogens with zero attached hydrogens (tertiary/aromatic N) is 3. The number of piperidine rings is 1. The number of esters is 1. The second-order valence-electron chi connectivity index (χ2n) is 5.81. The van der Waals surface area contributed by atoms with E-state index in [9.17, 15) is 4.79 Å². The van der Waals surface area contributed by atoms with E-state index in [4.69, 9.17) is 4.74 Å². The Morgan fingerprint density at radius 2 is 2.10 bits per heavy atom. The number of ether oxygens (including phenoxy) is 1. The van der Waals surface area contributed by atoms with Crippen LogP contribution < -0.4 is 4.90 Å². The molecule has 3 rings (SSSR count). The fraction of sp³-hybridized carbons (Fsp3) is 0.625. The fourth-order valence-electron chi connectivity index (χ4n) is 3.17. The summed E-state index contributed by atoms with van der Waals surface area (Å²) in [5.74, 6) is 1.16. The molecule has 1 aromatic heterocycles. The highest BCUT2D eigenvalue weighted by atomic mass is 16.5. The minimum atomic E-state index is -0.0131. The van der Waals surface area contributed by atoms with Crippen LogP contribution in [0.3, 0.4) is 0 Å². The van der Waals surface area contributed by atoms with Crippen LogP contribution in [0.15, 0.2) is 24.4 Å². The van der Waals surface area contributed by atoms with Crippen molar-refractivity contribution in [1.82, 2.24) is 9.88 Å². The molecule has 2 aliphatic rings. The Balaban J connectivity index is 1.44. The van der Waals surface area contributed by atoms with Crippen molar-refractivity contribution < 1.29 is 9.53 Å². The predicted molar refractivity (Wildman–Crippen MR) is 81.2 cm³/mol. The van der Waals surface area contributed by atoms with Gasteiger partial charge in [-0.15, -0.1) is 0 Å². The van der Waals surface area contributed by atoms with Crippen LogP contribution in [0, 0.1) is 5.92 Å². The van der Waals surface area contributed by atoms with Gasteiger partial charge in [-0.3, -0.25) is 9.69 Å². The fourth-order valence-corrected chi connectivity index (χ4v) is 3.17. The number of likely N-dealkylation sites (tertiary alicyclic amines) is 1. The summed E-state index contributed by atoms with van der Waals surface area (Å²) >= 11 is 0. The van der Waals surface area contributed by atoms with E-state index >= 15 is 0 Å². The van der Waals surface area contributed by atoms with Crippen LogP contribution in [0.4, 0.5) is 5.82 Å². The monoisotopic (exact) mass is 289 g/mol. The number of hydrogen-bond acceptors (Lipinski definition) is 5. The maximum absolute atomic E-state index is 11.7. The third kappa shape index (κ3) is 3.18. The molecular formula is C16H23N3O2. The minimum Gasteiger partial charge on any atom is -0.466 e. The summed E-state index contributed by atoms with van der Waals surface area (Å²) < 4.78 is 5.12. The van der Waals surface area contributed by atoms with Crippen molar-refractivity contribution in [2.75, 3.05) is 37.7 Å². The Morgan fingerprint density at radius 3 is 2.71 bits per heavy atom. The predicted octanol–water partition coefficient (Wildman–Crippen LogP) is 1.55. The number of carbonyl (C=O) groups is 1. The zero-order chi connectivity index (χ0) is 14.7. The van der Waals surface area contributed by atoms with E-state index < -0.39 is 0 Å². The SMILES string of the molecule is CCOC(=O)C1CCN(C2CN(c3ccccn3)C2)CC1. The molecule has 0 saturated carbocycles. The maximum Gasteiger partial charge on any atom is 0.309 e. The summed E-state index contributed by atoms with van der Waals surface area (Å²) in [6, 6.07) is 6.64. The molecular weight excluding hydrogens is 266 g/mol. The molecule has 0 unspecified atom stereocenters. The molecule has 1 aromatic rings. The quantitative estimate of drug-likeness (QED) is 0.787. The summed E-state index contributed by atoms with van der Waals surface area (Å²) in [5, 5.41) is 0. The molecule has 5 heteroatoms. The van der Waals surface area contributed by atoms with Gasteiger partial charge in [-0.2, -0.15) is 0 Å². The van der Waals surface area contributed by atoms with Crippen molar-refractivity contribution in [2.24, 2.45) is 5.92 Å². The van der Waals surface area contributed by atoms with E-state index in [0.717, 1.165) is 44.8 Å². The van der Waals surface area contributed by atoms with Crippen molar-refractivity contribution in [2.45, 2.75) is 25.8 Å². The molecule has 21 heavy (non-hydrogen) atoms. The first-order valence-electron chi connectivity index (χ1n) is 7.84. The van der Waals surface area contributed by atoms with Gasteiger partial charge in [-0.05, 0) is 45.0 Å². The minimum absolute atomic E-state index is 0.0131. The smallest absolute Gasteiger partial charge is 0.309 e. The molecule has 2 fully saturated rings. The number of hydrogen-bond donors (Lipinski definition) is 0. The van der Waals surface area contributed by atoms with Gasteiger partial charge in [0.25, 0.3) is 0 Å². The lowest BCUT2D eigenvalue weighted by Crippen LogP contribution is -2.61. The summed E-state index contributed by atoms with van der Waals surface area (Å²) in [6.45, 7) is 6.45. The third-order valence-electron chi connectivity index (χ3n) is 4.50. The lowest BCUT2D eigenvalue weighted by molar-refractivity contribution is -0.149. The van der Waals surface area contributed by atoms with Gasteiger partial charge in [0.2, 0.25) is 0 Å². The molecule has 0 atom stereocenters. The van der Waals surface area contributed by atoms with E-state index in [1.807, 2.05) is 25.3 Å². The highest BCUT2D eigenvalue weighted by molar-refractivity contribution is 5.72. The number of anilines is 1. The van der Waals surface area contributed by atoms with Gasteiger partial charge < -0.3 is 9.64 Å². The van der Waals surface area contributed by atoms with Crippen LogP contribution in [0.5, 0.6) is 0 Å². The molecule has 5 nitrogen and oxygen atoms in total. The third-order valence-corrected chi connectivity index (χ3v) is 4.50. The van der Waals surface area contributed by atoms with Gasteiger partial charge in [0.1, 0.15) is 5.82 Å². The Morgan fingerprint density at radius 1 is 1.33 bits per heavy atom. The Bertz CT molecular complexity index is 466. The summed E-state index contributed by atoms with van der Waals surface area (Å²) in [4.78, 5) is 20.9. The van der Waals surface area contributed by atoms with Crippen LogP contribution in [0.2, 0.25) is 0 Å². The summed E-state index contributed by atoms with van der Waals surface area (Å²) in [5.41, 5.74) is 0. The second-order valence-corrected chi connectivity index (χ2v) is 5.81. The normalized spacial score (nSPS) is 21.1. The molecule has 0 aliphatic carbocycles. The molecule has 2 saturated heterocycles. The maximum atomic E-state index is 11.7.